The molecule has 0 unspecified atom stereocenters. The SMILES string of the molecule is CN(C)CC[C@@H](c1ccc(Br)cc1)c1ccccn1.CN(C)CC[C@@H](c1ccc(Br)cc1)c1ccccn1. The molecular weight excluding hydrogens is 600 g/mol. The van der Waals surface area contributed by atoms with Gasteiger partial charge in [-0.05, 0) is 114 Å². The molecule has 0 aliphatic rings. The summed E-state index contributed by atoms with van der Waals surface area (Å²) in [5, 5.41) is 0. The zero-order chi connectivity index (χ0) is 27.3. The van der Waals surface area contributed by atoms with E-state index in [1.165, 1.54) is 11.1 Å². The van der Waals surface area contributed by atoms with Crippen LogP contribution in [0, 0.1) is 0 Å². The van der Waals surface area contributed by atoms with Crippen molar-refractivity contribution >= 4 is 31.9 Å². The molecule has 0 saturated heterocycles. The highest BCUT2D eigenvalue weighted by Crippen LogP contribution is 2.29. The van der Waals surface area contributed by atoms with E-state index in [0.717, 1.165) is 46.3 Å². The second kappa shape index (κ2) is 15.9. The molecule has 2 aromatic carbocycles. The predicted molar refractivity (Wildman–Crippen MR) is 167 cm³/mol. The average Bonchev–Trinajstić information content (AvgIpc) is 2.92. The summed E-state index contributed by atoms with van der Waals surface area (Å²) in [7, 11) is 8.43. The third kappa shape index (κ3) is 10.1. The number of hydrogen-bond donors (Lipinski definition) is 0. The normalized spacial score (nSPS) is 12.6. The summed E-state index contributed by atoms with van der Waals surface area (Å²) in [5.41, 5.74) is 4.94. The molecule has 0 aliphatic carbocycles. The Bertz CT molecular complexity index is 1080. The van der Waals surface area contributed by atoms with Crippen LogP contribution in [0.25, 0.3) is 0 Å². The molecule has 4 rings (SSSR count). The molecule has 0 fully saturated rings. The Morgan fingerprint density at radius 1 is 0.553 bits per heavy atom. The van der Waals surface area contributed by atoms with E-state index in [9.17, 15) is 0 Å². The monoisotopic (exact) mass is 636 g/mol. The number of aromatic nitrogens is 2. The molecule has 2 heterocycles. The maximum atomic E-state index is 4.53. The lowest BCUT2D eigenvalue weighted by Crippen LogP contribution is -2.17. The van der Waals surface area contributed by atoms with Gasteiger partial charge in [0.05, 0.1) is 0 Å². The number of rotatable bonds is 10. The third-order valence-corrected chi connectivity index (χ3v) is 7.42. The summed E-state index contributed by atoms with van der Waals surface area (Å²) in [6.45, 7) is 2.11. The first-order chi connectivity index (χ1) is 18.3. The van der Waals surface area contributed by atoms with Crippen LogP contribution in [0.2, 0.25) is 0 Å². The second-order valence-electron chi connectivity index (χ2n) is 9.90. The number of pyridine rings is 2. The Morgan fingerprint density at radius 3 is 1.21 bits per heavy atom. The van der Waals surface area contributed by atoms with E-state index >= 15 is 0 Å². The van der Waals surface area contributed by atoms with Crippen molar-refractivity contribution in [1.29, 1.82) is 0 Å². The average molecular weight is 638 g/mol. The summed E-state index contributed by atoms with van der Waals surface area (Å²) < 4.78 is 2.23. The summed E-state index contributed by atoms with van der Waals surface area (Å²) in [5.74, 6) is 0.716. The van der Waals surface area contributed by atoms with Crippen LogP contribution in [-0.2, 0) is 0 Å². The molecule has 6 heteroatoms. The van der Waals surface area contributed by atoms with Crippen molar-refractivity contribution in [1.82, 2.24) is 19.8 Å². The highest BCUT2D eigenvalue weighted by atomic mass is 79.9. The predicted octanol–water partition coefficient (Wildman–Crippen LogP) is 7.86. The first kappa shape index (κ1) is 30.2. The molecule has 200 valence electrons. The minimum atomic E-state index is 0.358. The molecule has 2 aromatic heterocycles. The van der Waals surface area contributed by atoms with E-state index in [4.69, 9.17) is 0 Å². The van der Waals surface area contributed by atoms with Gasteiger partial charge in [-0.1, -0.05) is 68.3 Å². The molecule has 0 amide bonds. The molecule has 0 aliphatic heterocycles. The molecule has 4 aromatic rings. The quantitative estimate of drug-likeness (QED) is 0.177. The van der Waals surface area contributed by atoms with E-state index < -0.39 is 0 Å². The van der Waals surface area contributed by atoms with Gasteiger partial charge in [-0.2, -0.15) is 0 Å². The van der Waals surface area contributed by atoms with Crippen molar-refractivity contribution in [3.8, 4) is 0 Å². The topological polar surface area (TPSA) is 32.3 Å². The Morgan fingerprint density at radius 2 is 0.921 bits per heavy atom. The lowest BCUT2D eigenvalue weighted by atomic mass is 9.92. The van der Waals surface area contributed by atoms with Crippen LogP contribution in [-0.4, -0.2) is 61.0 Å². The van der Waals surface area contributed by atoms with Gasteiger partial charge in [0.1, 0.15) is 0 Å². The molecule has 38 heavy (non-hydrogen) atoms. The smallest absolute Gasteiger partial charge is 0.0478 e. The fourth-order valence-electron chi connectivity index (χ4n) is 4.30. The minimum Gasteiger partial charge on any atom is -0.309 e. The Kier molecular flexibility index (Phi) is 12.6. The molecule has 0 spiro atoms. The number of nitrogens with zero attached hydrogens (tertiary/aromatic N) is 4. The highest BCUT2D eigenvalue weighted by molar-refractivity contribution is 9.10. The fourth-order valence-corrected chi connectivity index (χ4v) is 4.83. The van der Waals surface area contributed by atoms with Gasteiger partial charge >= 0.3 is 0 Å². The van der Waals surface area contributed by atoms with Crippen molar-refractivity contribution in [2.24, 2.45) is 0 Å². The van der Waals surface area contributed by atoms with E-state index in [0.29, 0.717) is 11.8 Å². The summed E-state index contributed by atoms with van der Waals surface area (Å²) in [4.78, 5) is 13.5. The molecule has 0 radical (unpaired) electrons. The van der Waals surface area contributed by atoms with Crippen LogP contribution in [0.5, 0.6) is 0 Å². The van der Waals surface area contributed by atoms with Gasteiger partial charge in [0.25, 0.3) is 0 Å². The van der Waals surface area contributed by atoms with Crippen LogP contribution in [0.3, 0.4) is 0 Å². The molecule has 2 atom stereocenters. The van der Waals surface area contributed by atoms with Crippen molar-refractivity contribution in [3.05, 3.63) is 129 Å². The molecule has 4 nitrogen and oxygen atoms in total. The van der Waals surface area contributed by atoms with Gasteiger partial charge < -0.3 is 9.80 Å². The number of benzene rings is 2. The van der Waals surface area contributed by atoms with Crippen LogP contribution in [0.1, 0.15) is 47.2 Å². The van der Waals surface area contributed by atoms with Crippen LogP contribution >= 0.6 is 31.9 Å². The first-order valence-electron chi connectivity index (χ1n) is 13.0. The van der Waals surface area contributed by atoms with E-state index in [2.05, 4.69) is 153 Å². The highest BCUT2D eigenvalue weighted by Gasteiger charge is 2.16. The Labute approximate surface area is 245 Å². The fraction of sp³-hybridized carbons (Fsp3) is 0.312. The number of halogens is 2. The number of hydrogen-bond acceptors (Lipinski definition) is 4. The van der Waals surface area contributed by atoms with E-state index in [-0.39, 0.29) is 0 Å². The van der Waals surface area contributed by atoms with Gasteiger partial charge in [-0.25, -0.2) is 0 Å². The Hall–Kier alpha value is -2.38. The maximum Gasteiger partial charge on any atom is 0.0478 e. The van der Waals surface area contributed by atoms with Crippen LogP contribution < -0.4 is 0 Å². The van der Waals surface area contributed by atoms with Gasteiger partial charge in [-0.3, -0.25) is 9.97 Å². The van der Waals surface area contributed by atoms with Crippen molar-refractivity contribution in [2.45, 2.75) is 24.7 Å². The van der Waals surface area contributed by atoms with Gasteiger partial charge in [0.15, 0.2) is 0 Å². The lowest BCUT2D eigenvalue weighted by Gasteiger charge is -2.19. The molecular formula is C32H38Br2N4. The molecule has 0 bridgehead atoms. The molecule has 0 N–H and O–H groups in total. The van der Waals surface area contributed by atoms with Gasteiger partial charge in [0, 0.05) is 44.6 Å². The minimum absolute atomic E-state index is 0.358. The van der Waals surface area contributed by atoms with E-state index in [1.54, 1.807) is 0 Å². The molecule has 0 saturated carbocycles. The van der Waals surface area contributed by atoms with Crippen molar-refractivity contribution in [3.63, 3.8) is 0 Å². The van der Waals surface area contributed by atoms with Crippen LogP contribution in [0.15, 0.2) is 106 Å². The van der Waals surface area contributed by atoms with E-state index in [1.807, 2.05) is 24.5 Å². The van der Waals surface area contributed by atoms with Crippen molar-refractivity contribution in [2.75, 3.05) is 41.3 Å². The largest absolute Gasteiger partial charge is 0.309 e. The summed E-state index contributed by atoms with van der Waals surface area (Å²) in [6, 6.07) is 29.4. The van der Waals surface area contributed by atoms with Crippen molar-refractivity contribution < 1.29 is 0 Å². The Balaban J connectivity index is 0.000000211. The zero-order valence-electron chi connectivity index (χ0n) is 22.8. The van der Waals surface area contributed by atoms with Gasteiger partial charge in [-0.15, -0.1) is 0 Å². The lowest BCUT2D eigenvalue weighted by molar-refractivity contribution is 0.389. The maximum absolute atomic E-state index is 4.53. The summed E-state index contributed by atoms with van der Waals surface area (Å²) in [6.07, 6.45) is 5.89. The zero-order valence-corrected chi connectivity index (χ0v) is 25.9. The third-order valence-electron chi connectivity index (χ3n) is 6.36. The second-order valence-corrected chi connectivity index (χ2v) is 11.7. The summed E-state index contributed by atoms with van der Waals surface area (Å²) >= 11 is 6.98. The standard InChI is InChI=1S/2C16H19BrN2/c2*1-19(2)12-10-15(16-5-3-4-11-18-16)13-6-8-14(17)9-7-13/h2*3-9,11,15H,10,12H2,1-2H3/t2*15-/m00/s1. The van der Waals surface area contributed by atoms with Gasteiger partial charge in [0.2, 0.25) is 0 Å². The first-order valence-corrected chi connectivity index (χ1v) is 14.5. The van der Waals surface area contributed by atoms with Crippen LogP contribution in [0.4, 0.5) is 0 Å².